The monoisotopic (exact) mass is 150 g/mol. The van der Waals surface area contributed by atoms with E-state index >= 15 is 0 Å². The third-order valence-corrected chi connectivity index (χ3v) is 2.17. The Bertz CT molecular complexity index is 221. The maximum Gasteiger partial charge on any atom is 0.137 e. The lowest BCUT2D eigenvalue weighted by Crippen LogP contribution is -2.08. The average Bonchev–Trinajstić information content (AvgIpc) is 2.04. The van der Waals surface area contributed by atoms with Crippen LogP contribution >= 0.6 is 0 Å². The van der Waals surface area contributed by atoms with Crippen molar-refractivity contribution in [1.82, 2.24) is 0 Å². The first-order valence-electron chi connectivity index (χ1n) is 4.10. The molecular weight excluding hydrogens is 136 g/mol. The third-order valence-electron chi connectivity index (χ3n) is 2.17. The molecule has 0 atom stereocenters. The van der Waals surface area contributed by atoms with Gasteiger partial charge in [0.05, 0.1) is 0 Å². The number of allylic oxidation sites excluding steroid dienone is 4. The molecule has 0 radical (unpaired) electrons. The zero-order valence-electron chi connectivity index (χ0n) is 7.18. The van der Waals surface area contributed by atoms with Crippen molar-refractivity contribution >= 4 is 5.78 Å². The molecule has 0 aromatic heterocycles. The number of carbonyl (C=O) groups is 1. The number of carbonyl (C=O) groups excluding carboxylic acids is 1. The van der Waals surface area contributed by atoms with Gasteiger partial charge in [-0.25, -0.2) is 0 Å². The van der Waals surface area contributed by atoms with Gasteiger partial charge < -0.3 is 0 Å². The highest BCUT2D eigenvalue weighted by Crippen LogP contribution is 2.25. The summed E-state index contributed by atoms with van der Waals surface area (Å²) in [4.78, 5) is 11.0. The van der Waals surface area contributed by atoms with Crippen LogP contribution in [0.3, 0.4) is 0 Å². The molecule has 60 valence electrons. The molecule has 1 nitrogen and oxygen atoms in total. The summed E-state index contributed by atoms with van der Waals surface area (Å²) in [6, 6.07) is 0. The summed E-state index contributed by atoms with van der Waals surface area (Å²) in [5, 5.41) is 0. The van der Waals surface area contributed by atoms with E-state index in [1.807, 2.05) is 19.9 Å². The highest BCUT2D eigenvalue weighted by molar-refractivity contribution is 5.84. The van der Waals surface area contributed by atoms with Crippen molar-refractivity contribution in [3.8, 4) is 0 Å². The van der Waals surface area contributed by atoms with Gasteiger partial charge in [-0.05, 0) is 31.4 Å². The van der Waals surface area contributed by atoms with Crippen molar-refractivity contribution < 1.29 is 4.79 Å². The Morgan fingerprint density at radius 1 is 1.09 bits per heavy atom. The second-order valence-electron chi connectivity index (χ2n) is 2.84. The van der Waals surface area contributed by atoms with Gasteiger partial charge in [0.15, 0.2) is 0 Å². The number of ketones is 1. The van der Waals surface area contributed by atoms with Gasteiger partial charge in [0.1, 0.15) is 5.78 Å². The minimum atomic E-state index is 0.378. The van der Waals surface area contributed by atoms with Crippen molar-refractivity contribution in [2.45, 2.75) is 33.1 Å². The summed E-state index contributed by atoms with van der Waals surface area (Å²) >= 11 is 0. The lowest BCUT2D eigenvalue weighted by atomic mass is 9.88. The zero-order valence-corrected chi connectivity index (χ0v) is 7.18. The summed E-state index contributed by atoms with van der Waals surface area (Å²) in [7, 11) is 0. The Balaban J connectivity index is 2.79. The van der Waals surface area contributed by atoms with Crippen LogP contribution in [0.25, 0.3) is 0 Å². The predicted molar refractivity (Wildman–Crippen MR) is 46.4 cm³/mol. The van der Waals surface area contributed by atoms with Crippen LogP contribution in [-0.4, -0.2) is 5.78 Å². The maximum absolute atomic E-state index is 11.0. The Morgan fingerprint density at radius 3 is 2.27 bits per heavy atom. The summed E-state index contributed by atoms with van der Waals surface area (Å²) in [6.07, 6.45) is 6.48. The molecule has 0 saturated heterocycles. The van der Waals surface area contributed by atoms with Gasteiger partial charge >= 0.3 is 0 Å². The molecule has 0 spiro atoms. The van der Waals surface area contributed by atoms with Crippen LogP contribution in [0.5, 0.6) is 0 Å². The van der Waals surface area contributed by atoms with E-state index in [4.69, 9.17) is 0 Å². The molecule has 1 rings (SSSR count). The van der Waals surface area contributed by atoms with Crippen LogP contribution in [0.1, 0.15) is 33.1 Å². The lowest BCUT2D eigenvalue weighted by Gasteiger charge is -2.16. The van der Waals surface area contributed by atoms with E-state index in [-0.39, 0.29) is 0 Å². The van der Waals surface area contributed by atoms with Crippen molar-refractivity contribution in [2.24, 2.45) is 0 Å². The summed E-state index contributed by atoms with van der Waals surface area (Å²) in [5.41, 5.74) is 2.58. The van der Waals surface area contributed by atoms with Crippen molar-refractivity contribution in [2.75, 3.05) is 0 Å². The highest BCUT2D eigenvalue weighted by atomic mass is 16.1. The van der Waals surface area contributed by atoms with Gasteiger partial charge in [0.25, 0.3) is 0 Å². The molecule has 0 unspecified atom stereocenters. The molecule has 0 bridgehead atoms. The van der Waals surface area contributed by atoms with E-state index in [1.54, 1.807) is 0 Å². The number of Topliss-reactive ketones (excluding diaryl/α,β-unsaturated/α-hetero) is 1. The molecule has 0 aromatic carbocycles. The normalized spacial score (nSPS) is 26.5. The Hall–Kier alpha value is -0.850. The molecule has 0 N–H and O–H groups in total. The Labute approximate surface area is 67.8 Å². The van der Waals surface area contributed by atoms with E-state index in [0.29, 0.717) is 12.2 Å². The minimum absolute atomic E-state index is 0.378. The summed E-state index contributed by atoms with van der Waals surface area (Å²) < 4.78 is 0. The quantitative estimate of drug-likeness (QED) is 0.518. The van der Waals surface area contributed by atoms with Crippen LogP contribution in [0.15, 0.2) is 23.3 Å². The standard InChI is InChI=1S/C10H14O/c1-3-8-5-6-10(11)7-9(8)4-2/h3-4H,5-7H2,1-2H3/b8-3-,9-4-. The average molecular weight is 150 g/mol. The van der Waals surface area contributed by atoms with Crippen LogP contribution in [-0.2, 0) is 4.79 Å². The van der Waals surface area contributed by atoms with Crippen molar-refractivity contribution in [3.05, 3.63) is 23.3 Å². The predicted octanol–water partition coefficient (Wildman–Crippen LogP) is 2.63. The third kappa shape index (κ3) is 1.79. The Kier molecular flexibility index (Phi) is 2.64. The summed E-state index contributed by atoms with van der Waals surface area (Å²) in [5.74, 6) is 0.378. The van der Waals surface area contributed by atoms with Gasteiger partial charge in [-0.1, -0.05) is 12.2 Å². The topological polar surface area (TPSA) is 17.1 Å². The highest BCUT2D eigenvalue weighted by Gasteiger charge is 2.15. The first-order valence-corrected chi connectivity index (χ1v) is 4.10. The van der Waals surface area contributed by atoms with Crippen molar-refractivity contribution in [3.63, 3.8) is 0 Å². The molecule has 1 heteroatoms. The molecule has 0 amide bonds. The van der Waals surface area contributed by atoms with Crippen LogP contribution in [0, 0.1) is 0 Å². The minimum Gasteiger partial charge on any atom is -0.299 e. The van der Waals surface area contributed by atoms with Crippen molar-refractivity contribution in [1.29, 1.82) is 0 Å². The van der Waals surface area contributed by atoms with Crippen LogP contribution in [0.4, 0.5) is 0 Å². The Morgan fingerprint density at radius 2 is 1.73 bits per heavy atom. The lowest BCUT2D eigenvalue weighted by molar-refractivity contribution is -0.118. The fourth-order valence-electron chi connectivity index (χ4n) is 1.47. The number of rotatable bonds is 0. The van der Waals surface area contributed by atoms with Gasteiger partial charge in [-0.3, -0.25) is 4.79 Å². The summed E-state index contributed by atoms with van der Waals surface area (Å²) in [6.45, 7) is 4.03. The fourth-order valence-corrected chi connectivity index (χ4v) is 1.47. The van der Waals surface area contributed by atoms with Crippen LogP contribution in [0.2, 0.25) is 0 Å². The molecular formula is C10H14O. The molecule has 11 heavy (non-hydrogen) atoms. The SMILES string of the molecule is C/C=C1/CCC(=O)C/C1=C/C. The van der Waals surface area contributed by atoms with E-state index in [1.165, 1.54) is 11.1 Å². The van der Waals surface area contributed by atoms with Gasteiger partial charge in [-0.2, -0.15) is 0 Å². The van der Waals surface area contributed by atoms with E-state index < -0.39 is 0 Å². The second kappa shape index (κ2) is 3.51. The molecule has 1 aliphatic rings. The molecule has 0 aromatic rings. The second-order valence-corrected chi connectivity index (χ2v) is 2.84. The molecule has 0 heterocycles. The molecule has 0 aliphatic heterocycles. The smallest absolute Gasteiger partial charge is 0.137 e. The van der Waals surface area contributed by atoms with Crippen LogP contribution < -0.4 is 0 Å². The fraction of sp³-hybridized carbons (Fsp3) is 0.500. The first kappa shape index (κ1) is 8.25. The molecule has 1 fully saturated rings. The maximum atomic E-state index is 11.0. The number of hydrogen-bond donors (Lipinski definition) is 0. The van der Waals surface area contributed by atoms with Gasteiger partial charge in [0, 0.05) is 12.8 Å². The largest absolute Gasteiger partial charge is 0.299 e. The van der Waals surface area contributed by atoms with E-state index in [0.717, 1.165) is 12.8 Å². The molecule has 1 saturated carbocycles. The van der Waals surface area contributed by atoms with E-state index in [2.05, 4.69) is 6.08 Å². The van der Waals surface area contributed by atoms with Gasteiger partial charge in [-0.15, -0.1) is 0 Å². The first-order chi connectivity index (χ1) is 5.27. The van der Waals surface area contributed by atoms with E-state index in [9.17, 15) is 4.79 Å². The van der Waals surface area contributed by atoms with Gasteiger partial charge in [0.2, 0.25) is 0 Å². The number of hydrogen-bond acceptors (Lipinski definition) is 1. The molecule has 1 aliphatic carbocycles. The zero-order chi connectivity index (χ0) is 8.27.